The molecule has 4 aliphatic rings. The van der Waals surface area contributed by atoms with Gasteiger partial charge in [0.2, 0.25) is 35.5 Å². The van der Waals surface area contributed by atoms with Crippen LogP contribution in [0.4, 0.5) is 16.4 Å². The summed E-state index contributed by atoms with van der Waals surface area (Å²) < 4.78 is 55.1. The topological polar surface area (TPSA) is 386 Å². The van der Waals surface area contributed by atoms with E-state index in [4.69, 9.17) is 44.1 Å². The number of aromatic amines is 1. The molecule has 86 heavy (non-hydrogen) atoms. The summed E-state index contributed by atoms with van der Waals surface area (Å²) in [6.45, 7) is 3.80. The number of amides is 7. The van der Waals surface area contributed by atoms with Gasteiger partial charge in [0.15, 0.2) is 17.4 Å². The van der Waals surface area contributed by atoms with E-state index in [-0.39, 0.29) is 86.3 Å². The van der Waals surface area contributed by atoms with Crippen LogP contribution in [0.25, 0.3) is 11.2 Å². The number of aliphatic hydroxyl groups excluding tert-OH is 1. The monoisotopic (exact) mass is 1260 g/mol. The van der Waals surface area contributed by atoms with E-state index in [0.29, 0.717) is 42.8 Å². The van der Waals surface area contributed by atoms with Gasteiger partial charge in [-0.3, -0.25) is 57.9 Å². The molecule has 2 saturated heterocycles. The second-order valence-corrected chi connectivity index (χ2v) is 26.0. The van der Waals surface area contributed by atoms with Crippen molar-refractivity contribution in [1.82, 2.24) is 49.9 Å². The predicted octanol–water partition coefficient (Wildman–Crippen LogP) is 3.41. The van der Waals surface area contributed by atoms with Gasteiger partial charge in [0, 0.05) is 80.0 Å². The van der Waals surface area contributed by atoms with Gasteiger partial charge < -0.3 is 49.6 Å². The Balaban J connectivity index is 0.788. The number of nitrogens with zero attached hydrogens (tertiary/aromatic N) is 7. The molecule has 0 radical (unpaired) electrons. The number of aliphatic hydroxyl groups is 1. The van der Waals surface area contributed by atoms with Gasteiger partial charge in [-0.25, -0.2) is 19.7 Å². The smallest absolute Gasteiger partial charge is 0.474 e. The number of anilines is 2. The lowest BCUT2D eigenvalue weighted by molar-refractivity contribution is -0.137. The number of nitrogens with one attached hydrogen (secondary N) is 5. The van der Waals surface area contributed by atoms with Crippen LogP contribution in [-0.2, 0) is 79.3 Å². The van der Waals surface area contributed by atoms with Crippen molar-refractivity contribution in [3.8, 4) is 5.88 Å². The van der Waals surface area contributed by atoms with E-state index in [2.05, 4.69) is 46.2 Å². The fraction of sp³-hybridized carbons (Fsp3) is 0.547. The molecule has 4 aromatic rings. The van der Waals surface area contributed by atoms with E-state index >= 15 is 0 Å². The number of carbonyl (C=O) groups excluding carboxylic acids is 7. The molecule has 1 aromatic carbocycles. The number of fused-ring (bicyclic) bond motifs is 4. The summed E-state index contributed by atoms with van der Waals surface area (Å²) in [7, 11) is -1.28. The van der Waals surface area contributed by atoms with E-state index < -0.39 is 111 Å². The standard InChI is InChI=1S/C53H68N12O18P2S/c1-29(2)42(59-37(66)10-8-7-9-19-64-40(68)15-16-41(64)69)48(72)57-30(3)47(71)58-33-13-11-31(12-14-33)23-77-52(74)63(6)26-53(4,5)22-38(67)60-51-61-46-43(49(73)62-51)56-28-65(46)50-45-44(70)36(81-50)25-78-84(75)82-35-21-34(80-39-17-18-54-27-55-39)20-32(35)24-79-85(76,86)83-45/h11-18,27-30,32,34-36,42,44-45,50,70H,7-10,19-26H2,1-6H3,(H5-,57,58,59,60,61,62,66,67,71,72,73,76,86)/p+1/t30-,32?,34+,35-,36+,42-,44+,45+,50+,85?/m0/s1. The maximum Gasteiger partial charge on any atom is 0.697 e. The maximum absolute atomic E-state index is 13.6. The number of hydrogen-bond acceptors (Lipinski definition) is 22. The molecule has 11 atom stereocenters. The molecule has 3 aromatic heterocycles. The molecule has 30 nitrogen and oxygen atoms in total. The molecule has 2 bridgehead atoms. The van der Waals surface area contributed by atoms with Crippen LogP contribution in [-0.4, -0.2) is 167 Å². The number of aromatic nitrogens is 6. The van der Waals surface area contributed by atoms with Gasteiger partial charge in [0.1, 0.15) is 62.1 Å². The lowest BCUT2D eigenvalue weighted by atomic mass is 9.88. The number of hydrogen-bond donors (Lipinski definition) is 7. The predicted molar refractivity (Wildman–Crippen MR) is 307 cm³/mol. The summed E-state index contributed by atoms with van der Waals surface area (Å²) in [6, 6.07) is 6.15. The minimum atomic E-state index is -4.19. The SMILES string of the molecule is CC(C)[C@H](NC(=O)CCCCCN1C(=O)C=CC1=O)C(=O)N[C@@H](C)C(=O)Nc1ccc(COC(=O)N(C)CC(C)(C)CC(=O)Nc2nc3c(ncn3[C@@H]3O[C@@H]4CO[P+](=O)O[C@H]5C[C@H](Oc6ccncn6)CC5COP(O)(=S)O[C@@H]3[C@@H]4O)c(=O)[nH]2)cc1. The number of ether oxygens (including phenoxy) is 3. The first-order valence-electron chi connectivity index (χ1n) is 27.7. The van der Waals surface area contributed by atoms with Gasteiger partial charge in [0.25, 0.3) is 17.4 Å². The molecule has 1 aliphatic carbocycles. The van der Waals surface area contributed by atoms with Crippen molar-refractivity contribution in [3.63, 3.8) is 0 Å². The summed E-state index contributed by atoms with van der Waals surface area (Å²) in [4.78, 5) is 135. The van der Waals surface area contributed by atoms with Crippen LogP contribution in [0.5, 0.6) is 5.88 Å². The average Bonchev–Trinajstić information content (AvgIpc) is 1.94. The highest BCUT2D eigenvalue weighted by atomic mass is 32.5. The molecule has 33 heteroatoms. The largest absolute Gasteiger partial charge is 0.697 e. The zero-order chi connectivity index (χ0) is 62.0. The summed E-state index contributed by atoms with van der Waals surface area (Å²) in [5.74, 6) is -3.48. The Hall–Kier alpha value is -7.05. The molecule has 3 aliphatic heterocycles. The van der Waals surface area contributed by atoms with Crippen LogP contribution in [0.15, 0.2) is 66.1 Å². The van der Waals surface area contributed by atoms with Crippen molar-refractivity contribution in [2.45, 2.75) is 135 Å². The van der Waals surface area contributed by atoms with Crippen molar-refractivity contribution in [2.24, 2.45) is 17.3 Å². The van der Waals surface area contributed by atoms with Crippen molar-refractivity contribution in [3.05, 3.63) is 77.3 Å². The second kappa shape index (κ2) is 28.6. The van der Waals surface area contributed by atoms with Crippen molar-refractivity contribution >= 4 is 91.1 Å². The van der Waals surface area contributed by atoms with Gasteiger partial charge in [0.05, 0.1) is 12.9 Å². The molecule has 8 rings (SSSR count). The minimum absolute atomic E-state index is 0.0435. The Morgan fingerprint density at radius 3 is 2.41 bits per heavy atom. The Kier molecular flexibility index (Phi) is 21.6. The van der Waals surface area contributed by atoms with Gasteiger partial charge in [-0.05, 0) is 67.0 Å². The van der Waals surface area contributed by atoms with E-state index in [0.717, 1.165) is 4.90 Å². The Morgan fingerprint density at radius 1 is 0.953 bits per heavy atom. The maximum atomic E-state index is 13.6. The van der Waals surface area contributed by atoms with Crippen LogP contribution in [0, 0.1) is 17.3 Å². The van der Waals surface area contributed by atoms with E-state index in [1.807, 2.05) is 0 Å². The highest BCUT2D eigenvalue weighted by Crippen LogP contribution is 2.52. The molecule has 3 unspecified atom stereocenters. The Morgan fingerprint density at radius 2 is 1.70 bits per heavy atom. The Bertz CT molecular complexity index is 3280. The number of H-pyrrole nitrogens is 1. The van der Waals surface area contributed by atoms with Gasteiger partial charge >= 0.3 is 21.1 Å². The molecular formula is C53H69N12O18P2S+. The fourth-order valence-corrected chi connectivity index (χ4v) is 12.3. The third-order valence-corrected chi connectivity index (χ3v) is 16.7. The van der Waals surface area contributed by atoms with Crippen LogP contribution < -0.4 is 31.6 Å². The lowest BCUT2D eigenvalue weighted by Crippen LogP contribution is -2.53. The van der Waals surface area contributed by atoms with Crippen molar-refractivity contribution in [2.75, 3.05) is 44.0 Å². The van der Waals surface area contributed by atoms with E-state index in [9.17, 15) is 52.9 Å². The zero-order valence-electron chi connectivity index (χ0n) is 47.9. The molecule has 3 fully saturated rings. The number of carbonyl (C=O) groups is 7. The summed E-state index contributed by atoms with van der Waals surface area (Å²) in [5.41, 5.74) is -0.965. The van der Waals surface area contributed by atoms with Gasteiger partial charge in [-0.2, -0.15) is 4.98 Å². The number of benzene rings is 1. The molecule has 464 valence electrons. The number of imidazole rings is 1. The summed E-state index contributed by atoms with van der Waals surface area (Å²) in [5, 5.41) is 22.2. The molecular weight excluding hydrogens is 1190 g/mol. The molecule has 0 spiro atoms. The van der Waals surface area contributed by atoms with Crippen LogP contribution >= 0.6 is 15.0 Å². The van der Waals surface area contributed by atoms with Crippen molar-refractivity contribution < 1.29 is 80.4 Å². The molecule has 6 heterocycles. The number of imide groups is 1. The second-order valence-electron chi connectivity index (χ2n) is 22.3. The van der Waals surface area contributed by atoms with Crippen molar-refractivity contribution in [1.29, 1.82) is 0 Å². The molecule has 7 N–H and O–H groups in total. The minimum Gasteiger partial charge on any atom is -0.474 e. The normalized spacial score (nSPS) is 24.5. The zero-order valence-corrected chi connectivity index (χ0v) is 50.5. The Labute approximate surface area is 499 Å². The summed E-state index contributed by atoms with van der Waals surface area (Å²) >= 11 is 5.41. The molecule has 7 amide bonds. The van der Waals surface area contributed by atoms with Gasteiger partial charge in [-0.15, -0.1) is 9.05 Å². The number of unbranched alkanes of at least 4 members (excludes halogenated alkanes) is 2. The third-order valence-electron chi connectivity index (χ3n) is 14.4. The van der Waals surface area contributed by atoms with Crippen LogP contribution in [0.3, 0.4) is 0 Å². The quantitative estimate of drug-likeness (QED) is 0.0337. The fourth-order valence-electron chi connectivity index (χ4n) is 10.1. The van der Waals surface area contributed by atoms with Crippen LogP contribution in [0.2, 0.25) is 0 Å². The van der Waals surface area contributed by atoms with Crippen LogP contribution in [0.1, 0.15) is 91.4 Å². The third kappa shape index (κ3) is 17.3. The molecule has 1 saturated carbocycles. The van der Waals surface area contributed by atoms with E-state index in [1.165, 1.54) is 54.4 Å². The van der Waals surface area contributed by atoms with Gasteiger partial charge in [-0.1, -0.05) is 46.2 Å². The summed E-state index contributed by atoms with van der Waals surface area (Å²) in [6.07, 6.45) is 1.11. The average molecular weight is 1260 g/mol. The highest BCUT2D eigenvalue weighted by molar-refractivity contribution is 8.07. The number of rotatable bonds is 22. The first kappa shape index (κ1) is 64.9. The van der Waals surface area contributed by atoms with E-state index in [1.54, 1.807) is 58.0 Å². The first-order chi connectivity index (χ1) is 40.8. The highest BCUT2D eigenvalue weighted by Gasteiger charge is 2.52. The lowest BCUT2D eigenvalue weighted by Gasteiger charge is -2.29. The first-order valence-corrected chi connectivity index (χ1v) is 31.4.